The fourth-order valence-electron chi connectivity index (χ4n) is 2.76. The molecule has 7 nitrogen and oxygen atoms in total. The molecule has 0 aliphatic carbocycles. The topological polar surface area (TPSA) is 98.4 Å². The summed E-state index contributed by atoms with van der Waals surface area (Å²) in [5.74, 6) is -0.933. The van der Waals surface area contributed by atoms with E-state index in [0.29, 0.717) is 29.1 Å². The van der Waals surface area contributed by atoms with Crippen molar-refractivity contribution in [1.29, 1.82) is 0 Å². The van der Waals surface area contributed by atoms with E-state index in [0.717, 1.165) is 4.90 Å². The van der Waals surface area contributed by atoms with Crippen LogP contribution in [0.2, 0.25) is 0 Å². The van der Waals surface area contributed by atoms with E-state index in [-0.39, 0.29) is 6.54 Å². The number of nitrogens with two attached hydrogens (primary N) is 1. The van der Waals surface area contributed by atoms with Crippen LogP contribution in [-0.2, 0) is 4.79 Å². The van der Waals surface area contributed by atoms with Gasteiger partial charge in [0.1, 0.15) is 17.9 Å². The molecule has 8 heteroatoms. The van der Waals surface area contributed by atoms with Crippen molar-refractivity contribution in [3.8, 4) is 17.0 Å². The summed E-state index contributed by atoms with van der Waals surface area (Å²) in [6, 6.07) is 4.92. The first-order valence-corrected chi connectivity index (χ1v) is 7.28. The molecular weight excluding hydrogens is 315 g/mol. The van der Waals surface area contributed by atoms with Crippen molar-refractivity contribution in [2.24, 2.45) is 5.73 Å². The van der Waals surface area contributed by atoms with Gasteiger partial charge >= 0.3 is 6.03 Å². The van der Waals surface area contributed by atoms with E-state index in [4.69, 9.17) is 10.5 Å². The molecule has 0 spiro atoms. The number of rotatable bonds is 3. The van der Waals surface area contributed by atoms with Crippen molar-refractivity contribution in [2.45, 2.75) is 12.3 Å². The Morgan fingerprint density at radius 2 is 2.17 bits per heavy atom. The molecule has 1 aliphatic rings. The molecule has 1 aromatic carbocycles. The van der Waals surface area contributed by atoms with Gasteiger partial charge in [0.2, 0.25) is 5.91 Å². The van der Waals surface area contributed by atoms with Crippen LogP contribution in [0.25, 0.3) is 11.3 Å². The maximum absolute atomic E-state index is 13.6. The molecule has 1 saturated heterocycles. The number of carbonyl (C=O) groups excluding carboxylic acids is 2. The maximum atomic E-state index is 13.6. The number of urea groups is 1. The van der Waals surface area contributed by atoms with Crippen LogP contribution < -0.4 is 10.5 Å². The first kappa shape index (κ1) is 15.9. The summed E-state index contributed by atoms with van der Waals surface area (Å²) in [4.78, 5) is 32.7. The standard InChI is InChI=1S/C16H15FN4O3/c1-24-14-3-2-9(17)6-11(14)13-7-12(19-8-20-13)10-4-5-21(15(10)22)16(18)23/h2-3,6-8,10H,4-5H2,1H3,(H2,18,23). The second kappa shape index (κ2) is 6.23. The molecule has 24 heavy (non-hydrogen) atoms. The molecule has 0 radical (unpaired) electrons. The molecule has 3 amide bonds. The van der Waals surface area contributed by atoms with Gasteiger partial charge in [0, 0.05) is 12.1 Å². The summed E-state index contributed by atoms with van der Waals surface area (Å²) >= 11 is 0. The lowest BCUT2D eigenvalue weighted by molar-refractivity contribution is -0.126. The number of benzene rings is 1. The molecule has 1 aromatic heterocycles. The largest absolute Gasteiger partial charge is 0.496 e. The number of amides is 3. The molecular formula is C16H15FN4O3. The van der Waals surface area contributed by atoms with Crippen LogP contribution in [0.15, 0.2) is 30.6 Å². The number of halogens is 1. The van der Waals surface area contributed by atoms with Gasteiger partial charge in [-0.15, -0.1) is 0 Å². The normalized spacial score (nSPS) is 17.2. The number of carbonyl (C=O) groups is 2. The average Bonchev–Trinajstić information content (AvgIpc) is 2.96. The fourth-order valence-corrected chi connectivity index (χ4v) is 2.76. The third-order valence-corrected chi connectivity index (χ3v) is 3.95. The third kappa shape index (κ3) is 2.78. The minimum absolute atomic E-state index is 0.251. The van der Waals surface area contributed by atoms with Crippen LogP contribution >= 0.6 is 0 Å². The predicted octanol–water partition coefficient (Wildman–Crippen LogP) is 1.69. The maximum Gasteiger partial charge on any atom is 0.321 e. The van der Waals surface area contributed by atoms with Crippen molar-refractivity contribution in [3.63, 3.8) is 0 Å². The van der Waals surface area contributed by atoms with Crippen molar-refractivity contribution < 1.29 is 18.7 Å². The number of hydrogen-bond acceptors (Lipinski definition) is 5. The highest BCUT2D eigenvalue weighted by atomic mass is 19.1. The Kier molecular flexibility index (Phi) is 4.11. The number of hydrogen-bond donors (Lipinski definition) is 1. The van der Waals surface area contributed by atoms with E-state index in [1.54, 1.807) is 6.07 Å². The van der Waals surface area contributed by atoms with Crippen molar-refractivity contribution in [3.05, 3.63) is 42.1 Å². The van der Waals surface area contributed by atoms with Gasteiger partial charge in [-0.25, -0.2) is 19.2 Å². The zero-order valence-electron chi connectivity index (χ0n) is 12.9. The lowest BCUT2D eigenvalue weighted by Crippen LogP contribution is -2.37. The minimum Gasteiger partial charge on any atom is -0.496 e. The number of imide groups is 1. The van der Waals surface area contributed by atoms with E-state index >= 15 is 0 Å². The number of likely N-dealkylation sites (tertiary alicyclic amines) is 1. The molecule has 1 aliphatic heterocycles. The third-order valence-electron chi connectivity index (χ3n) is 3.95. The minimum atomic E-state index is -0.774. The molecule has 1 unspecified atom stereocenters. The Morgan fingerprint density at radius 3 is 2.83 bits per heavy atom. The highest BCUT2D eigenvalue weighted by Crippen LogP contribution is 2.32. The van der Waals surface area contributed by atoms with Gasteiger partial charge in [-0.05, 0) is 30.7 Å². The average molecular weight is 330 g/mol. The molecule has 1 fully saturated rings. The molecule has 2 aromatic rings. The van der Waals surface area contributed by atoms with Gasteiger partial charge in [0.15, 0.2) is 0 Å². The van der Waals surface area contributed by atoms with Crippen LogP contribution in [0.1, 0.15) is 18.0 Å². The predicted molar refractivity (Wildman–Crippen MR) is 82.6 cm³/mol. The first-order valence-electron chi connectivity index (χ1n) is 7.28. The number of primary amides is 1. The van der Waals surface area contributed by atoms with Crippen LogP contribution in [0, 0.1) is 5.82 Å². The lowest BCUT2D eigenvalue weighted by Gasteiger charge is -2.12. The lowest BCUT2D eigenvalue weighted by atomic mass is 10.0. The van der Waals surface area contributed by atoms with Gasteiger partial charge in [-0.1, -0.05) is 0 Å². The SMILES string of the molecule is COc1ccc(F)cc1-c1cc(C2CCN(C(N)=O)C2=O)ncn1. The van der Waals surface area contributed by atoms with Crippen LogP contribution in [0.3, 0.4) is 0 Å². The summed E-state index contributed by atoms with van der Waals surface area (Å²) in [6.45, 7) is 0.251. The summed E-state index contributed by atoms with van der Waals surface area (Å²) < 4.78 is 18.8. The smallest absolute Gasteiger partial charge is 0.321 e. The van der Waals surface area contributed by atoms with Crippen LogP contribution in [0.4, 0.5) is 9.18 Å². The zero-order chi connectivity index (χ0) is 17.3. The second-order valence-corrected chi connectivity index (χ2v) is 5.34. The first-order chi connectivity index (χ1) is 11.5. The van der Waals surface area contributed by atoms with Gasteiger partial charge < -0.3 is 10.5 Å². The van der Waals surface area contributed by atoms with E-state index in [2.05, 4.69) is 9.97 Å². The van der Waals surface area contributed by atoms with Crippen molar-refractivity contribution in [1.82, 2.24) is 14.9 Å². The molecule has 0 bridgehead atoms. The molecule has 3 rings (SSSR count). The van der Waals surface area contributed by atoms with Gasteiger partial charge in [-0.3, -0.25) is 9.69 Å². The molecule has 1 atom stereocenters. The second-order valence-electron chi connectivity index (χ2n) is 5.34. The van der Waals surface area contributed by atoms with Gasteiger partial charge in [0.05, 0.1) is 24.4 Å². The van der Waals surface area contributed by atoms with Crippen LogP contribution in [0.5, 0.6) is 5.75 Å². The molecule has 124 valence electrons. The Balaban J connectivity index is 1.98. The Labute approximate surface area is 137 Å². The highest BCUT2D eigenvalue weighted by molar-refractivity contribution is 5.98. The fraction of sp³-hybridized carbons (Fsp3) is 0.250. The zero-order valence-corrected chi connectivity index (χ0v) is 12.9. The van der Waals surface area contributed by atoms with Crippen LogP contribution in [-0.4, -0.2) is 40.5 Å². The summed E-state index contributed by atoms with van der Waals surface area (Å²) in [7, 11) is 1.48. The summed E-state index contributed by atoms with van der Waals surface area (Å²) in [5.41, 5.74) is 6.53. The monoisotopic (exact) mass is 330 g/mol. The molecule has 2 N–H and O–H groups in total. The summed E-state index contributed by atoms with van der Waals surface area (Å²) in [5, 5.41) is 0. The summed E-state index contributed by atoms with van der Waals surface area (Å²) in [6.07, 6.45) is 1.73. The Morgan fingerprint density at radius 1 is 1.38 bits per heavy atom. The van der Waals surface area contributed by atoms with E-state index in [9.17, 15) is 14.0 Å². The van der Waals surface area contributed by atoms with Crippen molar-refractivity contribution in [2.75, 3.05) is 13.7 Å². The Hall–Kier alpha value is -3.03. The molecule has 0 saturated carbocycles. The van der Waals surface area contributed by atoms with Crippen molar-refractivity contribution >= 4 is 11.9 Å². The van der Waals surface area contributed by atoms with E-state index < -0.39 is 23.7 Å². The van der Waals surface area contributed by atoms with E-state index in [1.165, 1.54) is 31.6 Å². The molecule has 2 heterocycles. The number of nitrogens with zero attached hydrogens (tertiary/aromatic N) is 3. The van der Waals surface area contributed by atoms with Gasteiger partial charge in [-0.2, -0.15) is 0 Å². The highest BCUT2D eigenvalue weighted by Gasteiger charge is 2.36. The quantitative estimate of drug-likeness (QED) is 0.923. The number of methoxy groups -OCH3 is 1. The van der Waals surface area contributed by atoms with Gasteiger partial charge in [0.25, 0.3) is 0 Å². The number of aromatic nitrogens is 2. The number of ether oxygens (including phenoxy) is 1. The Bertz CT molecular complexity index is 812. The van der Waals surface area contributed by atoms with E-state index in [1.807, 2.05) is 0 Å².